The smallest absolute Gasteiger partial charge is 0.310 e. The molecule has 6 heteroatoms. The van der Waals surface area contributed by atoms with Crippen molar-refractivity contribution in [1.29, 1.82) is 0 Å². The first kappa shape index (κ1) is 12.6. The van der Waals surface area contributed by atoms with Crippen molar-refractivity contribution in [2.75, 3.05) is 0 Å². The molecule has 3 rings (SSSR count). The molecule has 2 fully saturated rings. The molecule has 19 heavy (non-hydrogen) atoms. The van der Waals surface area contributed by atoms with Crippen LogP contribution in [-0.4, -0.2) is 29.2 Å². The number of ether oxygens (including phenoxy) is 1. The summed E-state index contributed by atoms with van der Waals surface area (Å²) in [6.45, 7) is 0.455. The predicted molar refractivity (Wildman–Crippen MR) is 68.7 cm³/mol. The Labute approximate surface area is 114 Å². The summed E-state index contributed by atoms with van der Waals surface area (Å²) in [5.74, 6) is -2.37. The van der Waals surface area contributed by atoms with E-state index in [1.807, 2.05) is 17.5 Å². The number of rotatable bonds is 4. The summed E-state index contributed by atoms with van der Waals surface area (Å²) in [4.78, 5) is 24.5. The first-order valence-electron chi connectivity index (χ1n) is 6.35. The van der Waals surface area contributed by atoms with Crippen molar-refractivity contribution < 1.29 is 19.4 Å². The number of fused-ring (bicyclic) bond motifs is 2. The van der Waals surface area contributed by atoms with Crippen LogP contribution in [0.1, 0.15) is 17.7 Å². The lowest BCUT2D eigenvalue weighted by Gasteiger charge is -2.23. The van der Waals surface area contributed by atoms with Gasteiger partial charge in [-0.25, -0.2) is 0 Å². The standard InChI is InChI=1S/C13H15NO4S/c15-12(14-6-7-2-1-5-19-7)10-8-3-4-9(18-8)11(10)13(16)17/h1-2,5,8-11H,3-4,6H2,(H,14,15)(H,16,17)/t8-,9-,10-,11+/m1/s1. The predicted octanol–water partition coefficient (Wildman–Crippen LogP) is 1.24. The van der Waals surface area contributed by atoms with E-state index in [0.29, 0.717) is 6.54 Å². The Hall–Kier alpha value is -1.40. The summed E-state index contributed by atoms with van der Waals surface area (Å²) < 4.78 is 5.58. The van der Waals surface area contributed by atoms with E-state index >= 15 is 0 Å². The molecule has 4 atom stereocenters. The van der Waals surface area contributed by atoms with E-state index in [1.54, 1.807) is 11.3 Å². The Morgan fingerprint density at radius 3 is 2.74 bits per heavy atom. The van der Waals surface area contributed by atoms with Gasteiger partial charge in [-0.15, -0.1) is 11.3 Å². The number of carbonyl (C=O) groups is 2. The van der Waals surface area contributed by atoms with Gasteiger partial charge in [0.2, 0.25) is 5.91 Å². The number of amides is 1. The fourth-order valence-electron chi connectivity index (χ4n) is 3.03. The van der Waals surface area contributed by atoms with Crippen molar-refractivity contribution in [3.8, 4) is 0 Å². The lowest BCUT2D eigenvalue weighted by Crippen LogP contribution is -2.43. The number of carboxylic acid groups (broad SMARTS) is 1. The van der Waals surface area contributed by atoms with Crippen molar-refractivity contribution in [2.45, 2.75) is 31.6 Å². The summed E-state index contributed by atoms with van der Waals surface area (Å²) in [5, 5.41) is 14.0. The molecular weight excluding hydrogens is 266 g/mol. The molecule has 0 aromatic carbocycles. The average Bonchev–Trinajstić information content (AvgIpc) is 3.10. The molecule has 102 valence electrons. The van der Waals surface area contributed by atoms with Crippen LogP contribution in [0.25, 0.3) is 0 Å². The number of hydrogen-bond acceptors (Lipinski definition) is 4. The van der Waals surface area contributed by atoms with Crippen molar-refractivity contribution >= 4 is 23.2 Å². The molecular formula is C13H15NO4S. The molecule has 0 saturated carbocycles. The summed E-state index contributed by atoms with van der Waals surface area (Å²) in [5.41, 5.74) is 0. The number of hydrogen-bond donors (Lipinski definition) is 2. The highest BCUT2D eigenvalue weighted by atomic mass is 32.1. The summed E-state index contributed by atoms with van der Waals surface area (Å²) in [7, 11) is 0. The minimum Gasteiger partial charge on any atom is -0.481 e. The number of nitrogens with one attached hydrogen (secondary N) is 1. The summed E-state index contributed by atoms with van der Waals surface area (Å²) >= 11 is 1.57. The Kier molecular flexibility index (Phi) is 3.28. The van der Waals surface area contributed by atoms with Gasteiger partial charge in [-0.3, -0.25) is 9.59 Å². The third-order valence-electron chi connectivity index (χ3n) is 3.88. The second-order valence-corrected chi connectivity index (χ2v) is 6.01. The molecule has 0 aliphatic carbocycles. The van der Waals surface area contributed by atoms with E-state index < -0.39 is 17.8 Å². The molecule has 1 aromatic heterocycles. The van der Waals surface area contributed by atoms with Crippen LogP contribution in [0.15, 0.2) is 17.5 Å². The number of aliphatic carboxylic acids is 1. The maximum absolute atomic E-state index is 12.2. The molecule has 0 radical (unpaired) electrons. The third-order valence-corrected chi connectivity index (χ3v) is 4.75. The van der Waals surface area contributed by atoms with Crippen LogP contribution in [0.4, 0.5) is 0 Å². The van der Waals surface area contributed by atoms with E-state index in [2.05, 4.69) is 5.32 Å². The molecule has 3 heterocycles. The van der Waals surface area contributed by atoms with Crippen LogP contribution in [0.3, 0.4) is 0 Å². The van der Waals surface area contributed by atoms with Gasteiger partial charge in [0.15, 0.2) is 0 Å². The lowest BCUT2D eigenvalue weighted by molar-refractivity contribution is -0.147. The van der Waals surface area contributed by atoms with Gasteiger partial charge >= 0.3 is 5.97 Å². The third kappa shape index (κ3) is 2.26. The maximum atomic E-state index is 12.2. The van der Waals surface area contributed by atoms with E-state index in [9.17, 15) is 14.7 Å². The van der Waals surface area contributed by atoms with Crippen LogP contribution in [0, 0.1) is 11.8 Å². The van der Waals surface area contributed by atoms with Crippen LogP contribution in [-0.2, 0) is 20.9 Å². The Morgan fingerprint density at radius 1 is 1.37 bits per heavy atom. The van der Waals surface area contributed by atoms with E-state index in [0.717, 1.165) is 17.7 Å². The van der Waals surface area contributed by atoms with Crippen molar-refractivity contribution in [3.63, 3.8) is 0 Å². The zero-order valence-electron chi connectivity index (χ0n) is 10.2. The average molecular weight is 281 g/mol. The van der Waals surface area contributed by atoms with Crippen molar-refractivity contribution in [2.24, 2.45) is 11.8 Å². The van der Waals surface area contributed by atoms with Crippen molar-refractivity contribution in [3.05, 3.63) is 22.4 Å². The number of carbonyl (C=O) groups excluding carboxylic acids is 1. The fourth-order valence-corrected chi connectivity index (χ4v) is 3.67. The largest absolute Gasteiger partial charge is 0.481 e. The van der Waals surface area contributed by atoms with Gasteiger partial charge in [-0.2, -0.15) is 0 Å². The Balaban J connectivity index is 1.66. The van der Waals surface area contributed by atoms with Gasteiger partial charge in [-0.1, -0.05) is 6.07 Å². The van der Waals surface area contributed by atoms with E-state index in [-0.39, 0.29) is 18.1 Å². The number of thiophene rings is 1. The van der Waals surface area contributed by atoms with Gasteiger partial charge in [0.05, 0.1) is 30.6 Å². The highest BCUT2D eigenvalue weighted by Gasteiger charge is 2.55. The van der Waals surface area contributed by atoms with E-state index in [1.165, 1.54) is 0 Å². The van der Waals surface area contributed by atoms with Crippen LogP contribution in [0.5, 0.6) is 0 Å². The fraction of sp³-hybridized carbons (Fsp3) is 0.538. The molecule has 1 aromatic rings. The van der Waals surface area contributed by atoms with Gasteiger partial charge in [0, 0.05) is 4.88 Å². The SMILES string of the molecule is O=C(O)[C@@H]1[C@H](C(=O)NCc2cccs2)[C@H]2CC[C@H]1O2. The molecule has 2 bridgehead atoms. The first-order chi connectivity index (χ1) is 9.16. The molecule has 1 amide bonds. The topological polar surface area (TPSA) is 75.6 Å². The summed E-state index contributed by atoms with van der Waals surface area (Å²) in [6, 6.07) is 3.86. The highest BCUT2D eigenvalue weighted by molar-refractivity contribution is 7.09. The van der Waals surface area contributed by atoms with Crippen LogP contribution in [0.2, 0.25) is 0 Å². The summed E-state index contributed by atoms with van der Waals surface area (Å²) in [6.07, 6.45) is 1.01. The maximum Gasteiger partial charge on any atom is 0.310 e. The zero-order chi connectivity index (χ0) is 13.4. The minimum atomic E-state index is -0.927. The van der Waals surface area contributed by atoms with E-state index in [4.69, 9.17) is 4.74 Å². The van der Waals surface area contributed by atoms with Crippen molar-refractivity contribution in [1.82, 2.24) is 5.32 Å². The molecule has 5 nitrogen and oxygen atoms in total. The Morgan fingerprint density at radius 2 is 2.11 bits per heavy atom. The first-order valence-corrected chi connectivity index (χ1v) is 7.23. The second kappa shape index (κ2) is 4.94. The quantitative estimate of drug-likeness (QED) is 0.870. The molecule has 0 spiro atoms. The minimum absolute atomic E-state index is 0.201. The lowest BCUT2D eigenvalue weighted by atomic mass is 9.79. The monoisotopic (exact) mass is 281 g/mol. The second-order valence-electron chi connectivity index (χ2n) is 4.98. The molecule has 2 aliphatic rings. The van der Waals surface area contributed by atoms with Gasteiger partial charge in [0.25, 0.3) is 0 Å². The number of carboxylic acids is 1. The molecule has 2 saturated heterocycles. The van der Waals surface area contributed by atoms with Gasteiger partial charge in [-0.05, 0) is 24.3 Å². The molecule has 2 aliphatic heterocycles. The van der Waals surface area contributed by atoms with Gasteiger partial charge < -0.3 is 15.2 Å². The van der Waals surface area contributed by atoms with Gasteiger partial charge in [0.1, 0.15) is 0 Å². The molecule has 0 unspecified atom stereocenters. The molecule has 2 N–H and O–H groups in total. The Bertz CT molecular complexity index is 487. The van der Waals surface area contributed by atoms with Crippen LogP contribution < -0.4 is 5.32 Å². The zero-order valence-corrected chi connectivity index (χ0v) is 11.1. The highest BCUT2D eigenvalue weighted by Crippen LogP contribution is 2.43. The normalized spacial score (nSPS) is 32.4. The van der Waals surface area contributed by atoms with Crippen LogP contribution >= 0.6 is 11.3 Å².